The third-order valence-corrected chi connectivity index (χ3v) is 3.59. The number of likely N-dealkylation sites (tertiary alicyclic amines) is 1. The molecule has 0 saturated carbocycles. The first kappa shape index (κ1) is 11.6. The Labute approximate surface area is 97.9 Å². The van der Waals surface area contributed by atoms with Crippen molar-refractivity contribution in [1.82, 2.24) is 4.90 Å². The van der Waals surface area contributed by atoms with Crippen LogP contribution < -0.4 is 0 Å². The predicted molar refractivity (Wildman–Crippen MR) is 66.2 cm³/mol. The minimum atomic E-state index is 0.335. The van der Waals surface area contributed by atoms with Crippen LogP contribution in [-0.4, -0.2) is 29.7 Å². The molecule has 0 aliphatic carbocycles. The van der Waals surface area contributed by atoms with Crippen LogP contribution in [0.2, 0.25) is 0 Å². The van der Waals surface area contributed by atoms with Crippen molar-refractivity contribution >= 4 is 0 Å². The topological polar surface area (TPSA) is 23.5 Å². The van der Waals surface area contributed by atoms with E-state index in [0.29, 0.717) is 18.6 Å². The first-order chi connectivity index (χ1) is 7.85. The Kier molecular flexibility index (Phi) is 3.97. The van der Waals surface area contributed by atoms with Crippen molar-refractivity contribution in [2.45, 2.75) is 25.8 Å². The fraction of sp³-hybridized carbons (Fsp3) is 0.571. The molecule has 2 heteroatoms. The largest absolute Gasteiger partial charge is 0.396 e. The monoisotopic (exact) mass is 219 g/mol. The number of aliphatic hydroxyl groups is 1. The number of hydrogen-bond acceptors (Lipinski definition) is 2. The van der Waals surface area contributed by atoms with Crippen molar-refractivity contribution in [1.29, 1.82) is 0 Å². The molecule has 1 N–H and O–H groups in total. The number of nitrogens with zero attached hydrogens (tertiary/aromatic N) is 1. The van der Waals surface area contributed by atoms with Crippen LogP contribution in [-0.2, 0) is 0 Å². The Balaban J connectivity index is 2.06. The summed E-state index contributed by atoms with van der Waals surface area (Å²) in [6.07, 6.45) is 2.28. The zero-order valence-corrected chi connectivity index (χ0v) is 9.97. The van der Waals surface area contributed by atoms with Gasteiger partial charge in [-0.3, -0.25) is 4.90 Å². The molecule has 0 radical (unpaired) electrons. The summed E-state index contributed by atoms with van der Waals surface area (Å²) in [6.45, 7) is 4.74. The van der Waals surface area contributed by atoms with Crippen LogP contribution >= 0.6 is 0 Å². The average Bonchev–Trinajstić information content (AvgIpc) is 2.80. The van der Waals surface area contributed by atoms with Gasteiger partial charge in [0.05, 0.1) is 0 Å². The minimum absolute atomic E-state index is 0.335. The Bertz CT molecular complexity index is 312. The molecule has 0 spiro atoms. The number of hydrogen-bond donors (Lipinski definition) is 1. The number of rotatable bonds is 4. The van der Waals surface area contributed by atoms with E-state index in [9.17, 15) is 5.11 Å². The third-order valence-electron chi connectivity index (χ3n) is 3.59. The lowest BCUT2D eigenvalue weighted by Gasteiger charge is -2.27. The lowest BCUT2D eigenvalue weighted by molar-refractivity contribution is 0.195. The van der Waals surface area contributed by atoms with Gasteiger partial charge in [-0.1, -0.05) is 37.3 Å². The fourth-order valence-electron chi connectivity index (χ4n) is 2.67. The van der Waals surface area contributed by atoms with Crippen LogP contribution in [0.15, 0.2) is 30.3 Å². The van der Waals surface area contributed by atoms with E-state index < -0.39 is 0 Å². The van der Waals surface area contributed by atoms with Crippen LogP contribution in [0.4, 0.5) is 0 Å². The van der Waals surface area contributed by atoms with Crippen molar-refractivity contribution in [3.05, 3.63) is 35.9 Å². The molecule has 2 nitrogen and oxygen atoms in total. The molecule has 1 aromatic carbocycles. The lowest BCUT2D eigenvalue weighted by Crippen LogP contribution is -2.26. The van der Waals surface area contributed by atoms with Gasteiger partial charge in [0.1, 0.15) is 0 Å². The van der Waals surface area contributed by atoms with E-state index in [2.05, 4.69) is 42.2 Å². The zero-order valence-electron chi connectivity index (χ0n) is 9.97. The van der Waals surface area contributed by atoms with Crippen LogP contribution in [0.3, 0.4) is 0 Å². The van der Waals surface area contributed by atoms with Gasteiger partial charge in [0.15, 0.2) is 0 Å². The van der Waals surface area contributed by atoms with Crippen LogP contribution in [0.5, 0.6) is 0 Å². The van der Waals surface area contributed by atoms with Gasteiger partial charge in [0, 0.05) is 19.2 Å². The van der Waals surface area contributed by atoms with Crippen molar-refractivity contribution in [3.8, 4) is 0 Å². The number of benzene rings is 1. The maximum atomic E-state index is 9.18. The molecule has 0 aromatic heterocycles. The van der Waals surface area contributed by atoms with E-state index in [4.69, 9.17) is 0 Å². The van der Waals surface area contributed by atoms with E-state index in [1.165, 1.54) is 5.56 Å². The third kappa shape index (κ3) is 2.45. The SMILES string of the molecule is CCC(c1ccccc1)N1CCC(CO)C1. The van der Waals surface area contributed by atoms with Gasteiger partial charge in [-0.05, 0) is 30.9 Å². The molecule has 1 aliphatic rings. The van der Waals surface area contributed by atoms with Gasteiger partial charge in [0.2, 0.25) is 0 Å². The van der Waals surface area contributed by atoms with Gasteiger partial charge in [-0.15, -0.1) is 0 Å². The molecule has 1 aliphatic heterocycles. The van der Waals surface area contributed by atoms with Gasteiger partial charge >= 0.3 is 0 Å². The maximum absolute atomic E-state index is 9.18. The highest BCUT2D eigenvalue weighted by molar-refractivity contribution is 5.19. The second-order valence-electron chi connectivity index (χ2n) is 4.67. The molecule has 1 heterocycles. The quantitative estimate of drug-likeness (QED) is 0.841. The Morgan fingerprint density at radius 3 is 2.69 bits per heavy atom. The molecule has 2 rings (SSSR count). The summed E-state index contributed by atoms with van der Waals surface area (Å²) in [5, 5.41) is 9.18. The first-order valence-electron chi connectivity index (χ1n) is 6.25. The molecule has 0 amide bonds. The smallest absolute Gasteiger partial charge is 0.0471 e. The highest BCUT2D eigenvalue weighted by atomic mass is 16.3. The summed E-state index contributed by atoms with van der Waals surface area (Å²) in [6, 6.07) is 11.2. The summed E-state index contributed by atoms with van der Waals surface area (Å²) in [5.74, 6) is 0.484. The van der Waals surface area contributed by atoms with Gasteiger partial charge < -0.3 is 5.11 Å². The molecule has 0 bridgehead atoms. The summed E-state index contributed by atoms with van der Waals surface area (Å²) in [5.41, 5.74) is 1.41. The molecular formula is C14H21NO. The van der Waals surface area contributed by atoms with Gasteiger partial charge in [-0.2, -0.15) is 0 Å². The molecule has 2 atom stereocenters. The van der Waals surface area contributed by atoms with E-state index >= 15 is 0 Å². The van der Waals surface area contributed by atoms with Gasteiger partial charge in [0.25, 0.3) is 0 Å². The summed E-state index contributed by atoms with van der Waals surface area (Å²) in [4.78, 5) is 2.51. The van der Waals surface area contributed by atoms with Crippen molar-refractivity contribution < 1.29 is 5.11 Å². The molecule has 2 unspecified atom stereocenters. The second kappa shape index (κ2) is 5.46. The summed E-state index contributed by atoms with van der Waals surface area (Å²) < 4.78 is 0. The molecular weight excluding hydrogens is 198 g/mol. The zero-order chi connectivity index (χ0) is 11.4. The molecule has 1 fully saturated rings. The lowest BCUT2D eigenvalue weighted by atomic mass is 10.0. The molecule has 1 saturated heterocycles. The van der Waals surface area contributed by atoms with E-state index in [-0.39, 0.29) is 0 Å². The second-order valence-corrected chi connectivity index (χ2v) is 4.67. The van der Waals surface area contributed by atoms with E-state index in [0.717, 1.165) is 25.9 Å². The standard InChI is InChI=1S/C14H21NO/c1-2-14(13-6-4-3-5-7-13)15-9-8-12(10-15)11-16/h3-7,12,14,16H,2,8-11H2,1H3. The van der Waals surface area contributed by atoms with Gasteiger partial charge in [-0.25, -0.2) is 0 Å². The first-order valence-corrected chi connectivity index (χ1v) is 6.25. The highest BCUT2D eigenvalue weighted by Gasteiger charge is 2.27. The molecule has 16 heavy (non-hydrogen) atoms. The Morgan fingerprint density at radius 1 is 1.38 bits per heavy atom. The highest BCUT2D eigenvalue weighted by Crippen LogP contribution is 2.29. The number of aliphatic hydroxyl groups excluding tert-OH is 1. The normalized spacial score (nSPS) is 23.5. The minimum Gasteiger partial charge on any atom is -0.396 e. The van der Waals surface area contributed by atoms with Crippen LogP contribution in [0, 0.1) is 5.92 Å². The Hall–Kier alpha value is -0.860. The van der Waals surface area contributed by atoms with E-state index in [1.54, 1.807) is 0 Å². The van der Waals surface area contributed by atoms with Crippen molar-refractivity contribution in [2.24, 2.45) is 5.92 Å². The maximum Gasteiger partial charge on any atom is 0.0471 e. The molecule has 1 aromatic rings. The fourth-order valence-corrected chi connectivity index (χ4v) is 2.67. The summed E-state index contributed by atoms with van der Waals surface area (Å²) in [7, 11) is 0. The average molecular weight is 219 g/mol. The van der Waals surface area contributed by atoms with Crippen molar-refractivity contribution in [3.63, 3.8) is 0 Å². The van der Waals surface area contributed by atoms with E-state index in [1.807, 2.05) is 0 Å². The Morgan fingerprint density at radius 2 is 2.12 bits per heavy atom. The molecule has 88 valence electrons. The van der Waals surface area contributed by atoms with Crippen molar-refractivity contribution in [2.75, 3.05) is 19.7 Å². The predicted octanol–water partition coefficient (Wildman–Crippen LogP) is 2.45. The van der Waals surface area contributed by atoms with Crippen LogP contribution in [0.1, 0.15) is 31.4 Å². The summed E-state index contributed by atoms with van der Waals surface area (Å²) >= 11 is 0. The van der Waals surface area contributed by atoms with Crippen LogP contribution in [0.25, 0.3) is 0 Å².